The van der Waals surface area contributed by atoms with E-state index in [1.165, 1.54) is 56.1 Å². The van der Waals surface area contributed by atoms with Crippen LogP contribution in [0.4, 0.5) is 0 Å². The number of halogens is 1. The lowest BCUT2D eigenvalue weighted by Gasteiger charge is -2.09. The molecule has 2 rings (SSSR count). The quantitative estimate of drug-likeness (QED) is 0.203. The van der Waals surface area contributed by atoms with Gasteiger partial charge in [0.05, 0.1) is 13.2 Å². The number of ether oxygens (including phenoxy) is 2. The first-order valence-electron chi connectivity index (χ1n) is 10.9. The average molecular weight is 447 g/mol. The summed E-state index contributed by atoms with van der Waals surface area (Å²) in [5, 5.41) is 1.10. The van der Waals surface area contributed by atoms with E-state index >= 15 is 0 Å². The number of rotatable bonds is 15. The normalized spacial score (nSPS) is 10.8. The molecule has 0 heterocycles. The summed E-state index contributed by atoms with van der Waals surface area (Å²) in [6.45, 7) is 3.85. The highest BCUT2D eigenvalue weighted by atomic mass is 79.9. The molecular weight excluding hydrogens is 412 g/mol. The summed E-state index contributed by atoms with van der Waals surface area (Å²) in [6.07, 6.45) is 11.2. The first kappa shape index (κ1) is 22.8. The van der Waals surface area contributed by atoms with Gasteiger partial charge in [-0.2, -0.15) is 0 Å². The Morgan fingerprint density at radius 2 is 1.00 bits per heavy atom. The van der Waals surface area contributed by atoms with Crippen molar-refractivity contribution in [2.45, 2.75) is 64.7 Å². The first-order valence-corrected chi connectivity index (χ1v) is 12.0. The van der Waals surface area contributed by atoms with Crippen LogP contribution in [0.5, 0.6) is 11.5 Å². The maximum Gasteiger partial charge on any atom is 0.119 e. The Morgan fingerprint density at radius 1 is 0.571 bits per heavy atom. The minimum absolute atomic E-state index is 0.798. The van der Waals surface area contributed by atoms with Gasteiger partial charge in [-0.1, -0.05) is 85.6 Å². The van der Waals surface area contributed by atoms with Gasteiger partial charge >= 0.3 is 0 Å². The number of alkyl halides is 1. The fourth-order valence-electron chi connectivity index (χ4n) is 3.12. The molecule has 0 fully saturated rings. The van der Waals surface area contributed by atoms with Crippen LogP contribution in [0.15, 0.2) is 48.5 Å². The summed E-state index contributed by atoms with van der Waals surface area (Å²) in [4.78, 5) is 0. The predicted octanol–water partition coefficient (Wildman–Crippen LogP) is 8.04. The topological polar surface area (TPSA) is 18.5 Å². The molecule has 0 saturated heterocycles. The van der Waals surface area contributed by atoms with Gasteiger partial charge in [0.2, 0.25) is 0 Å². The Labute approximate surface area is 179 Å². The molecule has 0 N–H and O–H groups in total. The fourth-order valence-corrected chi connectivity index (χ4v) is 3.52. The lowest BCUT2D eigenvalue weighted by Crippen LogP contribution is -1.97. The molecule has 154 valence electrons. The van der Waals surface area contributed by atoms with Crippen molar-refractivity contribution in [3.63, 3.8) is 0 Å². The number of hydrogen-bond donors (Lipinski definition) is 0. The third-order valence-electron chi connectivity index (χ3n) is 4.86. The van der Waals surface area contributed by atoms with Crippen LogP contribution in [0, 0.1) is 0 Å². The third kappa shape index (κ3) is 9.14. The van der Waals surface area contributed by atoms with Crippen molar-refractivity contribution in [3.05, 3.63) is 48.5 Å². The van der Waals surface area contributed by atoms with Gasteiger partial charge in [-0.05, 0) is 54.7 Å². The van der Waals surface area contributed by atoms with E-state index in [1.807, 2.05) is 0 Å². The molecule has 3 heteroatoms. The van der Waals surface area contributed by atoms with E-state index in [1.54, 1.807) is 0 Å². The second-order valence-corrected chi connectivity index (χ2v) is 8.06. The molecule has 0 amide bonds. The monoisotopic (exact) mass is 446 g/mol. The molecule has 2 aromatic rings. The smallest absolute Gasteiger partial charge is 0.119 e. The van der Waals surface area contributed by atoms with Crippen LogP contribution in [0.25, 0.3) is 11.1 Å². The van der Waals surface area contributed by atoms with Crippen LogP contribution in [-0.2, 0) is 0 Å². The minimum atomic E-state index is 0.798. The van der Waals surface area contributed by atoms with Crippen LogP contribution < -0.4 is 9.47 Å². The van der Waals surface area contributed by atoms with Crippen molar-refractivity contribution < 1.29 is 9.47 Å². The maximum atomic E-state index is 5.85. The van der Waals surface area contributed by atoms with Gasteiger partial charge in [0.1, 0.15) is 11.5 Å². The SMILES string of the molecule is CCCCCCCOc1ccc(-c2ccc(OCCCCCCBr)cc2)cc1. The van der Waals surface area contributed by atoms with E-state index in [-0.39, 0.29) is 0 Å². The molecule has 0 spiro atoms. The van der Waals surface area contributed by atoms with Crippen LogP contribution in [0.3, 0.4) is 0 Å². The zero-order chi connectivity index (χ0) is 19.9. The highest BCUT2D eigenvalue weighted by molar-refractivity contribution is 9.09. The molecule has 0 bridgehead atoms. The van der Waals surface area contributed by atoms with Gasteiger partial charge in [0, 0.05) is 5.33 Å². The van der Waals surface area contributed by atoms with Crippen LogP contribution >= 0.6 is 15.9 Å². The number of unbranched alkanes of at least 4 members (excludes halogenated alkanes) is 7. The Bertz CT molecular complexity index is 565. The standard InChI is InChI=1S/C25H35BrO2/c1-2-3-4-6-9-20-27-24-15-11-22(12-16-24)23-13-17-25(18-14-23)28-21-10-7-5-8-19-26/h11-18H,2-10,19-21H2,1H3. The van der Waals surface area contributed by atoms with Crippen molar-refractivity contribution in [2.24, 2.45) is 0 Å². The fraction of sp³-hybridized carbons (Fsp3) is 0.520. The molecule has 0 atom stereocenters. The molecule has 0 aliphatic carbocycles. The second-order valence-electron chi connectivity index (χ2n) is 7.26. The summed E-state index contributed by atoms with van der Waals surface area (Å²) in [5.41, 5.74) is 2.41. The Balaban J connectivity index is 1.71. The van der Waals surface area contributed by atoms with Crippen LogP contribution in [0.1, 0.15) is 64.7 Å². The summed E-state index contributed by atoms with van der Waals surface area (Å²) >= 11 is 3.47. The summed E-state index contributed by atoms with van der Waals surface area (Å²) in [5.74, 6) is 1.91. The van der Waals surface area contributed by atoms with Gasteiger partial charge in [0.15, 0.2) is 0 Å². The van der Waals surface area contributed by atoms with E-state index < -0.39 is 0 Å². The van der Waals surface area contributed by atoms with Crippen molar-refractivity contribution in [1.82, 2.24) is 0 Å². The molecular formula is C25H35BrO2. The summed E-state index contributed by atoms with van der Waals surface area (Å²) in [6, 6.07) is 16.8. The zero-order valence-corrected chi connectivity index (χ0v) is 18.9. The lowest BCUT2D eigenvalue weighted by molar-refractivity contribution is 0.304. The van der Waals surface area contributed by atoms with Crippen LogP contribution in [-0.4, -0.2) is 18.5 Å². The molecule has 0 aromatic heterocycles. The van der Waals surface area contributed by atoms with Gasteiger partial charge in [-0.3, -0.25) is 0 Å². The van der Waals surface area contributed by atoms with E-state index in [0.29, 0.717) is 0 Å². The first-order chi connectivity index (χ1) is 13.8. The van der Waals surface area contributed by atoms with Gasteiger partial charge in [0.25, 0.3) is 0 Å². The van der Waals surface area contributed by atoms with E-state index in [0.717, 1.165) is 42.9 Å². The van der Waals surface area contributed by atoms with E-state index in [4.69, 9.17) is 9.47 Å². The van der Waals surface area contributed by atoms with Crippen LogP contribution in [0.2, 0.25) is 0 Å². The molecule has 0 saturated carbocycles. The zero-order valence-electron chi connectivity index (χ0n) is 17.3. The molecule has 2 nitrogen and oxygen atoms in total. The van der Waals surface area contributed by atoms with Crippen molar-refractivity contribution in [2.75, 3.05) is 18.5 Å². The van der Waals surface area contributed by atoms with Gasteiger partial charge in [-0.15, -0.1) is 0 Å². The lowest BCUT2D eigenvalue weighted by atomic mass is 10.1. The average Bonchev–Trinajstić information content (AvgIpc) is 2.74. The van der Waals surface area contributed by atoms with Crippen molar-refractivity contribution in [1.29, 1.82) is 0 Å². The molecule has 0 unspecified atom stereocenters. The number of benzene rings is 2. The molecule has 0 radical (unpaired) electrons. The molecule has 2 aromatic carbocycles. The Morgan fingerprint density at radius 3 is 1.43 bits per heavy atom. The second kappa shape index (κ2) is 14.5. The third-order valence-corrected chi connectivity index (χ3v) is 5.42. The summed E-state index contributed by atoms with van der Waals surface area (Å²) < 4.78 is 11.7. The highest BCUT2D eigenvalue weighted by Gasteiger charge is 2.01. The van der Waals surface area contributed by atoms with Gasteiger partial charge in [-0.25, -0.2) is 0 Å². The molecule has 28 heavy (non-hydrogen) atoms. The Hall–Kier alpha value is -1.48. The van der Waals surface area contributed by atoms with E-state index in [9.17, 15) is 0 Å². The molecule has 0 aliphatic heterocycles. The molecule has 0 aliphatic rings. The Kier molecular flexibility index (Phi) is 11.8. The van der Waals surface area contributed by atoms with Crippen molar-refractivity contribution in [3.8, 4) is 22.6 Å². The van der Waals surface area contributed by atoms with Crippen molar-refractivity contribution >= 4 is 15.9 Å². The summed E-state index contributed by atoms with van der Waals surface area (Å²) in [7, 11) is 0. The maximum absolute atomic E-state index is 5.85. The predicted molar refractivity (Wildman–Crippen MR) is 124 cm³/mol. The van der Waals surface area contributed by atoms with Gasteiger partial charge < -0.3 is 9.47 Å². The van der Waals surface area contributed by atoms with E-state index in [2.05, 4.69) is 71.4 Å². The largest absolute Gasteiger partial charge is 0.494 e. The minimum Gasteiger partial charge on any atom is -0.494 e. The highest BCUT2D eigenvalue weighted by Crippen LogP contribution is 2.25. The number of hydrogen-bond acceptors (Lipinski definition) is 2.